The molecule has 8 aliphatic rings. The van der Waals surface area contributed by atoms with Crippen molar-refractivity contribution in [2.75, 3.05) is 46.9 Å². The van der Waals surface area contributed by atoms with E-state index in [-0.39, 0.29) is 47.8 Å². The van der Waals surface area contributed by atoms with Gasteiger partial charge >= 0.3 is 5.97 Å². The molecule has 18 atom stereocenters. The zero-order valence-corrected chi connectivity index (χ0v) is 73.0. The Kier molecular flexibility index (Phi) is 31.7. The van der Waals surface area contributed by atoms with E-state index in [1.165, 1.54) is 55.6 Å². The highest BCUT2D eigenvalue weighted by Crippen LogP contribution is 2.51. The molecule has 702 valence electrons. The largest absolute Gasteiger partial charge is 0.508 e. The van der Waals surface area contributed by atoms with Crippen LogP contribution in [0.15, 0.2) is 115 Å². The summed E-state index contributed by atoms with van der Waals surface area (Å²) in [6.45, 7) is 4.39. The van der Waals surface area contributed by atoms with Crippen molar-refractivity contribution in [2.45, 2.75) is 194 Å². The maximum Gasteiger partial charge on any atom is 0.337 e. The van der Waals surface area contributed by atoms with E-state index >= 15 is 28.8 Å². The van der Waals surface area contributed by atoms with Gasteiger partial charge in [0.2, 0.25) is 65.6 Å². The number of nitrogens with two attached hydrogens (primary N) is 1. The van der Waals surface area contributed by atoms with E-state index in [1.807, 2.05) is 0 Å². The Hall–Kier alpha value is -11.9. The number of ether oxygens (including phenoxy) is 8. The molecule has 7 aromatic carbocycles. The fraction of sp³-hybridized carbons (Fsp3) is 0.433. The molecule has 8 amide bonds. The number of methoxy groups -OCH3 is 1. The van der Waals surface area contributed by atoms with Crippen LogP contribution in [0.3, 0.4) is 0 Å². The number of aromatic hydroxyl groups is 4. The second-order valence-electron chi connectivity index (χ2n) is 33.0. The number of likely N-dealkylation sites (N-methyl/N-ethyl adjacent to an activating group) is 1. The molecule has 2 fully saturated rings. The number of fused-ring (bicyclic) bond motifs is 14. The van der Waals surface area contributed by atoms with Crippen molar-refractivity contribution in [3.8, 4) is 80.1 Å². The van der Waals surface area contributed by atoms with Crippen molar-refractivity contribution >= 4 is 76.4 Å². The highest BCUT2D eigenvalue weighted by atomic mass is 35.5. The van der Waals surface area contributed by atoms with Crippen LogP contribution < -0.4 is 82.6 Å². The molecule has 8 aliphatic heterocycles. The Bertz CT molecular complexity index is 5390. The van der Waals surface area contributed by atoms with Crippen LogP contribution in [-0.2, 0) is 63.8 Å². The molecular weight excluding hydrogens is 1750 g/mol. The third-order valence-corrected chi connectivity index (χ3v) is 23.9. The summed E-state index contributed by atoms with van der Waals surface area (Å²) in [5.74, 6) is -16.7. The molecular formula is C90H105Cl2N11O28. The van der Waals surface area contributed by atoms with Gasteiger partial charge in [0.1, 0.15) is 131 Å². The van der Waals surface area contributed by atoms with E-state index in [1.54, 1.807) is 0 Å². The third kappa shape index (κ3) is 22.3. The number of benzene rings is 7. The number of aliphatic hydroxyl groups excluding tert-OH is 7. The number of amides is 8. The number of halogens is 2. The molecule has 0 aromatic heterocycles. The first-order valence-electron chi connectivity index (χ1n) is 42.8. The number of nitrogens with one attached hydrogen (secondary N) is 10. The van der Waals surface area contributed by atoms with Gasteiger partial charge < -0.3 is 153 Å². The zero-order chi connectivity index (χ0) is 93.9. The molecule has 7 aromatic rings. The second kappa shape index (κ2) is 43.0. The van der Waals surface area contributed by atoms with Gasteiger partial charge in [0, 0.05) is 48.2 Å². The van der Waals surface area contributed by atoms with Gasteiger partial charge in [0.25, 0.3) is 0 Å². The predicted molar refractivity (Wildman–Crippen MR) is 464 cm³/mol. The molecule has 39 nitrogen and oxygen atoms in total. The Balaban J connectivity index is 1.04. The van der Waals surface area contributed by atoms with Gasteiger partial charge in [0.15, 0.2) is 29.1 Å². The summed E-state index contributed by atoms with van der Waals surface area (Å²) in [6.07, 6.45) is -14.6. The molecule has 0 spiro atoms. The van der Waals surface area contributed by atoms with Crippen LogP contribution in [0.2, 0.25) is 10.0 Å². The number of carbonyl (C=O) groups excluding carboxylic acids is 9. The summed E-state index contributed by atoms with van der Waals surface area (Å²) in [7, 11) is 2.40. The smallest absolute Gasteiger partial charge is 0.337 e. The first kappa shape index (κ1) is 96.6. The first-order valence-corrected chi connectivity index (χ1v) is 43.5. The summed E-state index contributed by atoms with van der Waals surface area (Å²) < 4.78 is 50.0. The van der Waals surface area contributed by atoms with E-state index in [0.717, 1.165) is 106 Å². The minimum atomic E-state index is -2.44. The van der Waals surface area contributed by atoms with Gasteiger partial charge in [0.05, 0.1) is 23.8 Å². The van der Waals surface area contributed by atoms with E-state index < -0.39 is 271 Å². The lowest BCUT2D eigenvalue weighted by molar-refractivity contribution is -0.277. The standard InChI is InChI=1S/C90H105Cl2N11O28/c1-40(2)13-9-7-5-6-8-10-14-63(109)98-72-75(112)77(114)80(88(123)124-4)131-89(72)130-79-60-33-45-34-61(79)127-57-24-19-44(31-52(57)91)73(110)71-87(122)102-69(82(117)96-28-12-27-95-26-11-25-93)50-35-46(105)36-59(128-90-78(115)76(113)74(111)62(39-104)129-90)64(50)49-30-42(17-22-54(49)106)67(84(119)103-71)99-85(120)68(45)100-86(121)70-51-37-48(38-56(108)65(51)92)126-58-32-43(18-23-55(58)107)66(94-3)83(118)97-53(81(116)101-70)29-41-15-20-47(125-60)21-16-41/h15-24,30-38,40,53,62,66-78,80,89-90,94-95,104-108,110-115H,5-14,25-29,39,93H2,1-4H3,(H,96,117)(H,97,118)(H,98,109)(H,99,120)(H,100,121)(H,101,116)(H,102,122)(H,103,119)/t53-,62-,66-,67-,68-,69-,70+,71+,72-,73-,74-,75-,76+,77+,78+,80+,89-,90+/m1/s1. The molecule has 0 aliphatic carbocycles. The van der Waals surface area contributed by atoms with Crippen LogP contribution in [-0.4, -0.2) is 230 Å². The monoisotopic (exact) mass is 1860 g/mol. The number of carbonyl (C=O) groups is 9. The molecule has 41 heteroatoms. The highest BCUT2D eigenvalue weighted by molar-refractivity contribution is 6.33. The minimum Gasteiger partial charge on any atom is -0.508 e. The summed E-state index contributed by atoms with van der Waals surface area (Å²) in [6, 6.07) is 5.97. The normalized spacial score (nSPS) is 25.5. The van der Waals surface area contributed by atoms with Crippen LogP contribution in [0.1, 0.15) is 153 Å². The van der Waals surface area contributed by atoms with Crippen LogP contribution in [0, 0.1) is 5.92 Å². The van der Waals surface area contributed by atoms with Gasteiger partial charge in [-0.05, 0) is 158 Å². The van der Waals surface area contributed by atoms with Crippen LogP contribution in [0.5, 0.6) is 69.0 Å². The van der Waals surface area contributed by atoms with Gasteiger partial charge in [-0.15, -0.1) is 0 Å². The molecule has 8 heterocycles. The number of hydrogen-bond acceptors (Lipinski definition) is 31. The van der Waals surface area contributed by atoms with E-state index in [2.05, 4.69) is 67.0 Å². The van der Waals surface area contributed by atoms with Gasteiger partial charge in [-0.2, -0.15) is 0 Å². The summed E-state index contributed by atoms with van der Waals surface area (Å²) in [4.78, 5) is 139. The Labute approximate surface area is 760 Å². The van der Waals surface area contributed by atoms with Crippen molar-refractivity contribution in [1.29, 1.82) is 0 Å². The van der Waals surface area contributed by atoms with Crippen molar-refractivity contribution in [3.05, 3.63) is 164 Å². The Morgan fingerprint density at radius 1 is 0.557 bits per heavy atom. The lowest BCUT2D eigenvalue weighted by Gasteiger charge is -2.41. The summed E-state index contributed by atoms with van der Waals surface area (Å²) in [5, 5.41) is 155. The minimum absolute atomic E-state index is 0.120. The average molecular weight is 1860 g/mol. The number of hydrogen-bond donors (Lipinski definition) is 22. The van der Waals surface area contributed by atoms with E-state index in [0.29, 0.717) is 50.4 Å². The van der Waals surface area contributed by atoms with Gasteiger partial charge in [-0.1, -0.05) is 106 Å². The molecule has 23 N–H and O–H groups in total. The lowest BCUT2D eigenvalue weighted by atomic mass is 9.89. The second-order valence-corrected chi connectivity index (χ2v) is 33.8. The summed E-state index contributed by atoms with van der Waals surface area (Å²) in [5.41, 5.74) is 3.08. The molecule has 0 saturated carbocycles. The molecule has 17 bridgehead atoms. The highest BCUT2D eigenvalue weighted by Gasteiger charge is 2.52. The average Bonchev–Trinajstić information content (AvgIpc) is 0.756. The topological polar surface area (TPSA) is 596 Å². The fourth-order valence-electron chi connectivity index (χ4n) is 16.2. The maximum atomic E-state index is 16.9. The van der Waals surface area contributed by atoms with E-state index in [9.17, 15) is 70.6 Å². The van der Waals surface area contributed by atoms with E-state index in [4.69, 9.17) is 66.8 Å². The van der Waals surface area contributed by atoms with Crippen molar-refractivity contribution < 1.29 is 137 Å². The Morgan fingerprint density at radius 3 is 1.92 bits per heavy atom. The number of unbranched alkanes of at least 4 members (excludes halogenated alkanes) is 5. The van der Waals surface area contributed by atoms with Crippen LogP contribution in [0.4, 0.5) is 0 Å². The molecule has 0 radical (unpaired) electrons. The summed E-state index contributed by atoms with van der Waals surface area (Å²) >= 11 is 14.4. The van der Waals surface area contributed by atoms with Gasteiger partial charge in [-0.3, -0.25) is 38.4 Å². The zero-order valence-electron chi connectivity index (χ0n) is 71.4. The number of rotatable bonds is 25. The van der Waals surface area contributed by atoms with Crippen LogP contribution in [0.25, 0.3) is 11.1 Å². The number of aliphatic hydroxyl groups is 7. The van der Waals surface area contributed by atoms with Crippen molar-refractivity contribution in [3.63, 3.8) is 0 Å². The molecule has 0 unspecified atom stereocenters. The third-order valence-electron chi connectivity index (χ3n) is 23.2. The number of esters is 1. The fourth-order valence-corrected chi connectivity index (χ4v) is 16.6. The number of phenols is 4. The molecule has 15 rings (SSSR count). The lowest BCUT2D eigenvalue weighted by Crippen LogP contribution is -2.66. The van der Waals surface area contributed by atoms with Crippen molar-refractivity contribution in [1.82, 2.24) is 53.2 Å². The first-order chi connectivity index (χ1) is 62.7. The predicted octanol–water partition coefficient (Wildman–Crippen LogP) is 3.63. The van der Waals surface area contributed by atoms with Gasteiger partial charge in [-0.25, -0.2) is 4.79 Å². The molecule has 131 heavy (non-hydrogen) atoms. The maximum absolute atomic E-state index is 16.9. The molecule has 2 saturated heterocycles. The quantitative estimate of drug-likeness (QED) is 0.0287. The van der Waals surface area contributed by atoms with Crippen LogP contribution >= 0.6 is 23.2 Å². The van der Waals surface area contributed by atoms with Crippen molar-refractivity contribution in [2.24, 2.45) is 11.7 Å². The SMILES string of the molecule is CN[C@H]1C(=O)N[C@@H]2Cc3ccc(cc3)Oc3cc4cc(c3O[C@@H]3O[C@H](C(=O)OC)[C@@H](O)[C@H](O)[C@H]3NC(=O)CCCCCCCCC(C)C)Oc3ccc(cc3Cl)[C@@H](O)[C@@H]3NC(=O)[C@H](NC(=O)[C@@H]4NC(=O)[C@@H](NC2=O)c2cc(cc(O)c2Cl)Oc2cc1ccc2O)c1ccc(O)c(c1)-c1c(O[C@H]2O[C@H](CO)[C@@H](O)[C@H](O)[C@@H]2O)cc(O)cc1[C@H](C(=O)NCCCNCCCN)NC3=O. The number of phenolic OH excluding ortho intramolecular Hbond substituents is 4. The Morgan fingerprint density at radius 2 is 1.21 bits per heavy atom.